The Kier molecular flexibility index (Phi) is 4.79. The van der Waals surface area contributed by atoms with Crippen LogP contribution in [-0.2, 0) is 17.9 Å². The summed E-state index contributed by atoms with van der Waals surface area (Å²) in [4.78, 5) is 27.8. The molecular weight excluding hydrogens is 400 g/mol. The van der Waals surface area contributed by atoms with E-state index in [-0.39, 0.29) is 18.0 Å². The van der Waals surface area contributed by atoms with Crippen molar-refractivity contribution in [3.63, 3.8) is 0 Å². The van der Waals surface area contributed by atoms with Gasteiger partial charge in [0.15, 0.2) is 0 Å². The predicted octanol–water partition coefficient (Wildman–Crippen LogP) is 3.68. The number of carbonyl (C=O) groups excluding carboxylic acids is 1. The Morgan fingerprint density at radius 1 is 1.00 bits per heavy atom. The second kappa shape index (κ2) is 7.61. The first kappa shape index (κ1) is 18.9. The summed E-state index contributed by atoms with van der Waals surface area (Å²) >= 11 is 6.03. The minimum atomic E-state index is -0.245. The van der Waals surface area contributed by atoms with Crippen LogP contribution in [0, 0.1) is 0 Å². The van der Waals surface area contributed by atoms with Gasteiger partial charge in [-0.05, 0) is 36.6 Å². The van der Waals surface area contributed by atoms with Crippen molar-refractivity contribution in [1.29, 1.82) is 0 Å². The van der Waals surface area contributed by atoms with Gasteiger partial charge in [-0.1, -0.05) is 41.9 Å². The summed E-state index contributed by atoms with van der Waals surface area (Å²) in [5.74, 6) is -0.0539. The Morgan fingerprint density at radius 2 is 1.73 bits per heavy atom. The number of aromatic nitrogens is 3. The molecule has 1 amide bonds. The van der Waals surface area contributed by atoms with Crippen molar-refractivity contribution in [2.24, 2.45) is 0 Å². The average molecular weight is 421 g/mol. The quantitative estimate of drug-likeness (QED) is 0.506. The topological polar surface area (TPSA) is 60.1 Å². The van der Waals surface area contributed by atoms with E-state index in [2.05, 4.69) is 5.10 Å². The molecule has 0 N–H and O–H groups in total. The summed E-state index contributed by atoms with van der Waals surface area (Å²) in [5.41, 5.74) is 2.32. The van der Waals surface area contributed by atoms with Gasteiger partial charge in [-0.15, -0.1) is 0 Å². The van der Waals surface area contributed by atoms with E-state index < -0.39 is 0 Å². The van der Waals surface area contributed by atoms with Crippen LogP contribution in [0.3, 0.4) is 0 Å². The molecule has 0 spiro atoms. The summed E-state index contributed by atoms with van der Waals surface area (Å²) < 4.78 is 3.30. The van der Waals surface area contributed by atoms with Crippen LogP contribution in [0.15, 0.2) is 59.5 Å². The van der Waals surface area contributed by atoms with Crippen LogP contribution in [0.1, 0.15) is 18.4 Å². The van der Waals surface area contributed by atoms with Crippen molar-refractivity contribution in [3.05, 3.63) is 75.7 Å². The van der Waals surface area contributed by atoms with E-state index in [1.165, 1.54) is 4.68 Å². The molecule has 2 aromatic heterocycles. The standard InChI is InChI=1S/C23H21ClN4O2/c24-17-9-7-16(8-10-17)14-27-20-6-2-1-5-18(20)19-13-25-28(23(30)22(19)27)15-21(29)26-11-3-4-12-26/h1-2,5-10,13H,3-4,11-12,14-15H2. The molecule has 152 valence electrons. The molecule has 0 atom stereocenters. The van der Waals surface area contributed by atoms with Crippen molar-refractivity contribution in [1.82, 2.24) is 19.2 Å². The van der Waals surface area contributed by atoms with E-state index in [0.717, 1.165) is 47.8 Å². The molecule has 1 fully saturated rings. The van der Waals surface area contributed by atoms with E-state index in [4.69, 9.17) is 11.6 Å². The molecule has 7 heteroatoms. The van der Waals surface area contributed by atoms with Gasteiger partial charge in [-0.25, -0.2) is 4.68 Å². The maximum atomic E-state index is 13.4. The van der Waals surface area contributed by atoms with Crippen molar-refractivity contribution in [3.8, 4) is 0 Å². The molecule has 1 aliphatic heterocycles. The van der Waals surface area contributed by atoms with Gasteiger partial charge >= 0.3 is 0 Å². The smallest absolute Gasteiger partial charge is 0.291 e. The molecule has 0 bridgehead atoms. The molecule has 0 saturated carbocycles. The molecule has 5 rings (SSSR count). The highest BCUT2D eigenvalue weighted by atomic mass is 35.5. The largest absolute Gasteiger partial charge is 0.341 e. The highest BCUT2D eigenvalue weighted by Gasteiger charge is 2.21. The highest BCUT2D eigenvalue weighted by molar-refractivity contribution is 6.30. The van der Waals surface area contributed by atoms with E-state index >= 15 is 0 Å². The Bertz CT molecular complexity index is 1300. The number of rotatable bonds is 4. The van der Waals surface area contributed by atoms with E-state index in [9.17, 15) is 9.59 Å². The number of para-hydroxylation sites is 1. The maximum Gasteiger partial charge on any atom is 0.291 e. The van der Waals surface area contributed by atoms with Gasteiger partial charge in [0.25, 0.3) is 5.56 Å². The van der Waals surface area contributed by atoms with Crippen LogP contribution in [0.4, 0.5) is 0 Å². The first-order valence-electron chi connectivity index (χ1n) is 10.1. The Balaban J connectivity index is 1.63. The Morgan fingerprint density at radius 3 is 2.50 bits per heavy atom. The summed E-state index contributed by atoms with van der Waals surface area (Å²) in [6, 6.07) is 15.5. The van der Waals surface area contributed by atoms with Crippen LogP contribution < -0.4 is 5.56 Å². The molecule has 2 aromatic carbocycles. The molecule has 0 radical (unpaired) electrons. The summed E-state index contributed by atoms with van der Waals surface area (Å²) in [6.45, 7) is 2.01. The summed E-state index contributed by atoms with van der Waals surface area (Å²) in [6.07, 6.45) is 3.74. The molecule has 30 heavy (non-hydrogen) atoms. The van der Waals surface area contributed by atoms with Crippen LogP contribution in [0.25, 0.3) is 21.8 Å². The van der Waals surface area contributed by atoms with Gasteiger partial charge in [-0.2, -0.15) is 5.10 Å². The second-order valence-electron chi connectivity index (χ2n) is 7.69. The number of hydrogen-bond acceptors (Lipinski definition) is 3. The van der Waals surface area contributed by atoms with E-state index in [0.29, 0.717) is 17.1 Å². The first-order chi connectivity index (χ1) is 14.6. The predicted molar refractivity (Wildman–Crippen MR) is 118 cm³/mol. The van der Waals surface area contributed by atoms with Gasteiger partial charge in [0.05, 0.1) is 6.20 Å². The van der Waals surface area contributed by atoms with Gasteiger partial charge in [0.1, 0.15) is 12.1 Å². The molecule has 1 aliphatic rings. The fourth-order valence-electron chi connectivity index (χ4n) is 4.24. The van der Waals surface area contributed by atoms with Crippen molar-refractivity contribution < 1.29 is 4.79 Å². The lowest BCUT2D eigenvalue weighted by molar-refractivity contribution is -0.131. The monoisotopic (exact) mass is 420 g/mol. The Hall–Kier alpha value is -3.12. The number of fused-ring (bicyclic) bond motifs is 3. The molecular formula is C23H21ClN4O2. The van der Waals surface area contributed by atoms with Gasteiger partial charge in [0.2, 0.25) is 5.91 Å². The molecule has 6 nitrogen and oxygen atoms in total. The number of likely N-dealkylation sites (tertiary alicyclic amines) is 1. The number of hydrogen-bond donors (Lipinski definition) is 0. The third-order valence-electron chi connectivity index (χ3n) is 5.77. The van der Waals surface area contributed by atoms with E-state index in [1.54, 1.807) is 6.20 Å². The van der Waals surface area contributed by atoms with Crippen LogP contribution in [-0.4, -0.2) is 38.2 Å². The lowest BCUT2D eigenvalue weighted by atomic mass is 10.2. The summed E-state index contributed by atoms with van der Waals surface area (Å²) in [7, 11) is 0. The summed E-state index contributed by atoms with van der Waals surface area (Å²) in [5, 5.41) is 6.78. The van der Waals surface area contributed by atoms with Gasteiger partial charge < -0.3 is 9.47 Å². The van der Waals surface area contributed by atoms with Crippen LogP contribution >= 0.6 is 11.6 Å². The first-order valence-corrected chi connectivity index (χ1v) is 10.5. The van der Waals surface area contributed by atoms with Crippen LogP contribution in [0.5, 0.6) is 0 Å². The fraction of sp³-hybridized carbons (Fsp3) is 0.261. The van der Waals surface area contributed by atoms with Crippen molar-refractivity contribution in [2.75, 3.05) is 13.1 Å². The minimum Gasteiger partial charge on any atom is -0.341 e. The number of amides is 1. The molecule has 0 aliphatic carbocycles. The number of halogens is 1. The second-order valence-corrected chi connectivity index (χ2v) is 8.12. The molecule has 1 saturated heterocycles. The molecule has 3 heterocycles. The van der Waals surface area contributed by atoms with Gasteiger partial charge in [0, 0.05) is 40.9 Å². The lowest BCUT2D eigenvalue weighted by Crippen LogP contribution is -2.36. The number of benzene rings is 2. The van der Waals surface area contributed by atoms with Crippen molar-refractivity contribution in [2.45, 2.75) is 25.9 Å². The lowest BCUT2D eigenvalue weighted by Gasteiger charge is -2.15. The Labute approximate surface area is 178 Å². The number of nitrogens with zero attached hydrogens (tertiary/aromatic N) is 4. The van der Waals surface area contributed by atoms with Crippen molar-refractivity contribution >= 4 is 39.3 Å². The maximum absolute atomic E-state index is 13.4. The zero-order valence-corrected chi connectivity index (χ0v) is 17.2. The SMILES string of the molecule is O=C(Cn1ncc2c3ccccc3n(Cc3ccc(Cl)cc3)c2c1=O)N1CCCC1. The zero-order valence-electron chi connectivity index (χ0n) is 16.4. The highest BCUT2D eigenvalue weighted by Crippen LogP contribution is 2.27. The third-order valence-corrected chi connectivity index (χ3v) is 6.02. The number of carbonyl (C=O) groups is 1. The fourth-order valence-corrected chi connectivity index (χ4v) is 4.36. The van der Waals surface area contributed by atoms with Gasteiger partial charge in [-0.3, -0.25) is 9.59 Å². The molecule has 4 aromatic rings. The third kappa shape index (κ3) is 3.27. The molecule has 0 unspecified atom stereocenters. The minimum absolute atomic E-state index is 0.0305. The van der Waals surface area contributed by atoms with E-state index in [1.807, 2.05) is 58.0 Å². The average Bonchev–Trinajstić information content (AvgIpc) is 3.40. The normalized spacial score (nSPS) is 14.1. The van der Waals surface area contributed by atoms with Crippen LogP contribution in [0.2, 0.25) is 5.02 Å². The zero-order chi connectivity index (χ0) is 20.7.